The molecule has 1 aromatic carbocycles. The van der Waals surface area contributed by atoms with Crippen molar-refractivity contribution in [3.8, 4) is 0 Å². The molecule has 0 spiro atoms. The number of hydrogen-bond donors (Lipinski definition) is 1. The summed E-state index contributed by atoms with van der Waals surface area (Å²) in [7, 11) is 0. The Morgan fingerprint density at radius 3 is 2.75 bits per heavy atom. The summed E-state index contributed by atoms with van der Waals surface area (Å²) < 4.78 is 0. The second-order valence-corrected chi connectivity index (χ2v) is 4.62. The normalized spacial score (nSPS) is 24.6. The Kier molecular flexibility index (Phi) is 3.73. The first-order valence-electron chi connectivity index (χ1n) is 6.05. The molecule has 0 heterocycles. The van der Waals surface area contributed by atoms with E-state index in [0.717, 1.165) is 19.4 Å². The SMILES string of the molecule is CC(=O)C1CCCC1NCc1ccccc1. The van der Waals surface area contributed by atoms with E-state index in [9.17, 15) is 4.79 Å². The van der Waals surface area contributed by atoms with Crippen molar-refractivity contribution < 1.29 is 4.79 Å². The van der Waals surface area contributed by atoms with Crippen LogP contribution in [-0.4, -0.2) is 11.8 Å². The molecular formula is C14H19NO. The summed E-state index contributed by atoms with van der Waals surface area (Å²) >= 11 is 0. The number of benzene rings is 1. The standard InChI is InChI=1S/C14H19NO/c1-11(16)13-8-5-9-14(13)15-10-12-6-3-2-4-7-12/h2-4,6-7,13-15H,5,8-10H2,1H3. The van der Waals surface area contributed by atoms with Gasteiger partial charge in [0, 0.05) is 18.5 Å². The molecule has 1 aliphatic carbocycles. The predicted molar refractivity (Wildman–Crippen MR) is 65.1 cm³/mol. The lowest BCUT2D eigenvalue weighted by atomic mass is 9.99. The van der Waals surface area contributed by atoms with Crippen LogP contribution in [0.4, 0.5) is 0 Å². The van der Waals surface area contributed by atoms with E-state index in [1.54, 1.807) is 6.92 Å². The van der Waals surface area contributed by atoms with Crippen LogP contribution in [0.1, 0.15) is 31.7 Å². The highest BCUT2D eigenvalue weighted by Gasteiger charge is 2.29. The molecule has 0 bridgehead atoms. The highest BCUT2D eigenvalue weighted by Crippen LogP contribution is 2.26. The van der Waals surface area contributed by atoms with Crippen LogP contribution in [0.25, 0.3) is 0 Å². The van der Waals surface area contributed by atoms with Gasteiger partial charge in [-0.15, -0.1) is 0 Å². The average Bonchev–Trinajstić information content (AvgIpc) is 2.76. The van der Waals surface area contributed by atoms with Gasteiger partial charge in [0.2, 0.25) is 0 Å². The summed E-state index contributed by atoms with van der Waals surface area (Å²) in [6.07, 6.45) is 3.37. The van der Waals surface area contributed by atoms with Gasteiger partial charge in [-0.25, -0.2) is 0 Å². The zero-order valence-electron chi connectivity index (χ0n) is 9.78. The number of ketones is 1. The maximum atomic E-state index is 11.4. The van der Waals surface area contributed by atoms with Crippen LogP contribution in [0.15, 0.2) is 30.3 Å². The second kappa shape index (κ2) is 5.26. The molecule has 1 fully saturated rings. The second-order valence-electron chi connectivity index (χ2n) is 4.62. The Balaban J connectivity index is 1.88. The fourth-order valence-corrected chi connectivity index (χ4v) is 2.54. The van der Waals surface area contributed by atoms with E-state index in [4.69, 9.17) is 0 Å². The molecule has 16 heavy (non-hydrogen) atoms. The minimum atomic E-state index is 0.240. The van der Waals surface area contributed by atoms with Gasteiger partial charge in [0.1, 0.15) is 5.78 Å². The van der Waals surface area contributed by atoms with Crippen LogP contribution in [-0.2, 0) is 11.3 Å². The lowest BCUT2D eigenvalue weighted by Gasteiger charge is -2.18. The minimum Gasteiger partial charge on any atom is -0.309 e. The van der Waals surface area contributed by atoms with E-state index in [1.165, 1.54) is 12.0 Å². The lowest BCUT2D eigenvalue weighted by molar-refractivity contribution is -0.121. The molecule has 1 saturated carbocycles. The van der Waals surface area contributed by atoms with Crippen LogP contribution >= 0.6 is 0 Å². The summed E-state index contributed by atoms with van der Waals surface area (Å²) in [6, 6.07) is 10.7. The van der Waals surface area contributed by atoms with Crippen molar-refractivity contribution in [2.45, 2.75) is 38.8 Å². The Hall–Kier alpha value is -1.15. The summed E-state index contributed by atoms with van der Waals surface area (Å²) in [6.45, 7) is 2.59. The van der Waals surface area contributed by atoms with Crippen LogP contribution in [0, 0.1) is 5.92 Å². The minimum absolute atomic E-state index is 0.240. The largest absolute Gasteiger partial charge is 0.309 e. The molecule has 2 nitrogen and oxygen atoms in total. The van der Waals surface area contributed by atoms with E-state index in [2.05, 4.69) is 17.4 Å². The Morgan fingerprint density at radius 1 is 1.31 bits per heavy atom. The Labute approximate surface area is 97.1 Å². The zero-order chi connectivity index (χ0) is 11.4. The fraction of sp³-hybridized carbons (Fsp3) is 0.500. The van der Waals surface area contributed by atoms with Crippen molar-refractivity contribution in [1.29, 1.82) is 0 Å². The maximum absolute atomic E-state index is 11.4. The molecule has 0 aliphatic heterocycles. The van der Waals surface area contributed by atoms with Crippen molar-refractivity contribution in [3.63, 3.8) is 0 Å². The molecule has 1 aliphatic rings. The molecule has 86 valence electrons. The van der Waals surface area contributed by atoms with Crippen molar-refractivity contribution in [2.24, 2.45) is 5.92 Å². The molecule has 2 heteroatoms. The first-order chi connectivity index (χ1) is 7.77. The molecule has 1 N–H and O–H groups in total. The molecule has 2 unspecified atom stereocenters. The van der Waals surface area contributed by atoms with Gasteiger partial charge in [-0.2, -0.15) is 0 Å². The topological polar surface area (TPSA) is 29.1 Å². The van der Waals surface area contributed by atoms with Gasteiger partial charge in [-0.1, -0.05) is 36.8 Å². The number of Topliss-reactive ketones (excluding diaryl/α,β-unsaturated/α-hetero) is 1. The van der Waals surface area contributed by atoms with Crippen molar-refractivity contribution in [1.82, 2.24) is 5.32 Å². The highest BCUT2D eigenvalue weighted by molar-refractivity contribution is 5.79. The molecule has 2 rings (SSSR count). The van der Waals surface area contributed by atoms with Crippen LogP contribution in [0.2, 0.25) is 0 Å². The quantitative estimate of drug-likeness (QED) is 0.839. The van der Waals surface area contributed by atoms with Gasteiger partial charge < -0.3 is 5.32 Å². The fourth-order valence-electron chi connectivity index (χ4n) is 2.54. The molecule has 2 atom stereocenters. The number of rotatable bonds is 4. The summed E-state index contributed by atoms with van der Waals surface area (Å²) in [5, 5.41) is 3.51. The predicted octanol–water partition coefficient (Wildman–Crippen LogP) is 2.53. The van der Waals surface area contributed by atoms with E-state index in [1.807, 2.05) is 18.2 Å². The van der Waals surface area contributed by atoms with Gasteiger partial charge in [0.05, 0.1) is 0 Å². The van der Waals surface area contributed by atoms with Crippen LogP contribution < -0.4 is 5.32 Å². The third kappa shape index (κ3) is 2.70. The van der Waals surface area contributed by atoms with Crippen molar-refractivity contribution in [2.75, 3.05) is 0 Å². The van der Waals surface area contributed by atoms with Crippen LogP contribution in [0.5, 0.6) is 0 Å². The average molecular weight is 217 g/mol. The lowest BCUT2D eigenvalue weighted by Crippen LogP contribution is -2.35. The molecular weight excluding hydrogens is 198 g/mol. The third-order valence-electron chi connectivity index (χ3n) is 3.45. The third-order valence-corrected chi connectivity index (χ3v) is 3.45. The molecule has 0 amide bonds. The van der Waals surface area contributed by atoms with E-state index in [0.29, 0.717) is 11.8 Å². The number of carbonyl (C=O) groups excluding carboxylic acids is 1. The monoisotopic (exact) mass is 217 g/mol. The van der Waals surface area contributed by atoms with E-state index in [-0.39, 0.29) is 5.92 Å². The Morgan fingerprint density at radius 2 is 2.06 bits per heavy atom. The molecule has 0 aromatic heterocycles. The van der Waals surface area contributed by atoms with Gasteiger partial charge in [-0.05, 0) is 25.3 Å². The number of hydrogen-bond acceptors (Lipinski definition) is 2. The van der Waals surface area contributed by atoms with E-state index < -0.39 is 0 Å². The highest BCUT2D eigenvalue weighted by atomic mass is 16.1. The van der Waals surface area contributed by atoms with Gasteiger partial charge >= 0.3 is 0 Å². The van der Waals surface area contributed by atoms with Crippen molar-refractivity contribution in [3.05, 3.63) is 35.9 Å². The summed E-state index contributed by atoms with van der Waals surface area (Å²) in [5.74, 6) is 0.576. The van der Waals surface area contributed by atoms with Gasteiger partial charge in [0.25, 0.3) is 0 Å². The summed E-state index contributed by atoms with van der Waals surface area (Å²) in [4.78, 5) is 11.4. The summed E-state index contributed by atoms with van der Waals surface area (Å²) in [5.41, 5.74) is 1.29. The van der Waals surface area contributed by atoms with Gasteiger partial charge in [-0.3, -0.25) is 4.79 Å². The van der Waals surface area contributed by atoms with Crippen LogP contribution in [0.3, 0.4) is 0 Å². The van der Waals surface area contributed by atoms with E-state index >= 15 is 0 Å². The first-order valence-corrected chi connectivity index (χ1v) is 6.05. The first kappa shape index (κ1) is 11.3. The smallest absolute Gasteiger partial charge is 0.134 e. The molecule has 0 saturated heterocycles. The number of carbonyl (C=O) groups is 1. The number of nitrogens with one attached hydrogen (secondary N) is 1. The molecule has 1 aromatic rings. The molecule has 0 radical (unpaired) electrons. The Bertz CT molecular complexity index is 347. The zero-order valence-corrected chi connectivity index (χ0v) is 9.78. The van der Waals surface area contributed by atoms with Gasteiger partial charge in [0.15, 0.2) is 0 Å². The van der Waals surface area contributed by atoms with Crippen molar-refractivity contribution >= 4 is 5.78 Å². The maximum Gasteiger partial charge on any atom is 0.134 e.